The van der Waals surface area contributed by atoms with Crippen molar-refractivity contribution >= 4 is 34.5 Å². The average molecular weight is 631 g/mol. The van der Waals surface area contributed by atoms with E-state index < -0.39 is 51.8 Å². The van der Waals surface area contributed by atoms with Crippen molar-refractivity contribution in [2.24, 2.45) is 0 Å². The standard InChI is InChI=1S/C31H24F6N4O4/c32-30(33,34)22-13-20(14-23(16-22)31(35,36)37)29(43)40-12-11-39(28(42)10-7-19-5-8-24(9-6-19)41(44)45)18-25(40)15-21-17-38-27-4-2-1-3-26(21)27/h1-10,13-14,16-17,25,38H,11-12,15,18H2. The molecule has 45 heavy (non-hydrogen) atoms. The fraction of sp³-hybridized carbons (Fsp3) is 0.226. The van der Waals surface area contributed by atoms with Gasteiger partial charge in [-0.3, -0.25) is 19.7 Å². The van der Waals surface area contributed by atoms with Gasteiger partial charge >= 0.3 is 12.4 Å². The number of aromatic nitrogens is 1. The molecule has 14 heteroatoms. The minimum atomic E-state index is -5.12. The summed E-state index contributed by atoms with van der Waals surface area (Å²) in [5, 5.41) is 11.7. The second-order valence-electron chi connectivity index (χ2n) is 10.5. The summed E-state index contributed by atoms with van der Waals surface area (Å²) in [5.41, 5.74) is -2.04. The Balaban J connectivity index is 1.44. The van der Waals surface area contributed by atoms with Gasteiger partial charge in [0.15, 0.2) is 0 Å². The Kier molecular flexibility index (Phi) is 8.41. The van der Waals surface area contributed by atoms with Crippen LogP contribution in [0.5, 0.6) is 0 Å². The van der Waals surface area contributed by atoms with E-state index in [4.69, 9.17) is 0 Å². The van der Waals surface area contributed by atoms with E-state index in [0.29, 0.717) is 17.7 Å². The van der Waals surface area contributed by atoms with E-state index in [2.05, 4.69) is 4.98 Å². The van der Waals surface area contributed by atoms with Crippen molar-refractivity contribution in [1.82, 2.24) is 14.8 Å². The number of alkyl halides is 6. The minimum absolute atomic E-state index is 0.0336. The lowest BCUT2D eigenvalue weighted by molar-refractivity contribution is -0.384. The maximum absolute atomic E-state index is 13.6. The van der Waals surface area contributed by atoms with Gasteiger partial charge in [-0.15, -0.1) is 0 Å². The molecule has 0 aliphatic carbocycles. The summed E-state index contributed by atoms with van der Waals surface area (Å²) >= 11 is 0. The molecule has 0 saturated carbocycles. The van der Waals surface area contributed by atoms with Gasteiger partial charge in [0.2, 0.25) is 5.91 Å². The molecule has 1 fully saturated rings. The Morgan fingerprint density at radius 3 is 2.20 bits per heavy atom. The first-order valence-corrected chi connectivity index (χ1v) is 13.6. The minimum Gasteiger partial charge on any atom is -0.361 e. The number of benzene rings is 3. The summed E-state index contributed by atoms with van der Waals surface area (Å²) < 4.78 is 81.2. The van der Waals surface area contributed by atoms with E-state index in [1.165, 1.54) is 46.2 Å². The molecule has 1 aromatic heterocycles. The van der Waals surface area contributed by atoms with Crippen molar-refractivity contribution in [1.29, 1.82) is 0 Å². The summed E-state index contributed by atoms with van der Waals surface area (Å²) in [5.74, 6) is -1.48. The van der Waals surface area contributed by atoms with Crippen LogP contribution >= 0.6 is 0 Å². The van der Waals surface area contributed by atoms with E-state index in [-0.39, 0.29) is 37.8 Å². The van der Waals surface area contributed by atoms with Gasteiger partial charge in [0, 0.05) is 60.5 Å². The number of nitrogens with zero attached hydrogens (tertiary/aromatic N) is 3. The highest BCUT2D eigenvalue weighted by atomic mass is 19.4. The third-order valence-corrected chi connectivity index (χ3v) is 7.54. The van der Waals surface area contributed by atoms with Crippen LogP contribution in [0.1, 0.15) is 32.6 Å². The van der Waals surface area contributed by atoms with Crippen LogP contribution in [0.3, 0.4) is 0 Å². The third kappa shape index (κ3) is 7.00. The first kappa shape index (κ1) is 31.3. The molecule has 1 aliphatic heterocycles. The van der Waals surface area contributed by atoms with Gasteiger partial charge in [-0.05, 0) is 60.0 Å². The molecule has 1 atom stereocenters. The van der Waals surface area contributed by atoms with Crippen LogP contribution < -0.4 is 0 Å². The normalized spacial score (nSPS) is 16.0. The van der Waals surface area contributed by atoms with Gasteiger partial charge in [0.05, 0.1) is 22.1 Å². The molecule has 4 aromatic rings. The lowest BCUT2D eigenvalue weighted by atomic mass is 9.98. The van der Waals surface area contributed by atoms with Crippen LogP contribution in [0.15, 0.2) is 79.0 Å². The smallest absolute Gasteiger partial charge is 0.361 e. The predicted molar refractivity (Wildman–Crippen MR) is 152 cm³/mol. The van der Waals surface area contributed by atoms with Crippen LogP contribution in [-0.4, -0.2) is 57.2 Å². The molecular weight excluding hydrogens is 606 g/mol. The number of nitrogens with one attached hydrogen (secondary N) is 1. The largest absolute Gasteiger partial charge is 0.416 e. The first-order chi connectivity index (χ1) is 21.2. The number of nitro groups is 1. The quantitative estimate of drug-likeness (QED) is 0.111. The molecule has 1 N–H and O–H groups in total. The molecule has 0 radical (unpaired) electrons. The van der Waals surface area contributed by atoms with Gasteiger partial charge in [-0.2, -0.15) is 26.3 Å². The maximum Gasteiger partial charge on any atom is 0.416 e. The number of hydrogen-bond donors (Lipinski definition) is 1. The number of H-pyrrole nitrogens is 1. The molecular formula is C31H24F6N4O4. The predicted octanol–water partition coefficient (Wildman–Crippen LogP) is 6.72. The SMILES string of the molecule is O=C(C=Cc1ccc([N+](=O)[O-])cc1)N1CCN(C(=O)c2cc(C(F)(F)F)cc(C(F)(F)F)c2)C(Cc2c[nH]c3ccccc23)C1. The van der Waals surface area contributed by atoms with Crippen molar-refractivity contribution < 1.29 is 40.9 Å². The number of carbonyl (C=O) groups excluding carboxylic acids is 2. The van der Waals surface area contributed by atoms with E-state index in [1.54, 1.807) is 12.3 Å². The fourth-order valence-electron chi connectivity index (χ4n) is 5.28. The number of carbonyl (C=O) groups is 2. The zero-order chi connectivity index (χ0) is 32.5. The average Bonchev–Trinajstić information content (AvgIpc) is 3.41. The number of nitro benzene ring substituents is 1. The molecule has 3 aromatic carbocycles. The monoisotopic (exact) mass is 630 g/mol. The molecule has 1 aliphatic rings. The summed E-state index contributed by atoms with van der Waals surface area (Å²) in [4.78, 5) is 42.8. The lowest BCUT2D eigenvalue weighted by Crippen LogP contribution is -2.57. The highest BCUT2D eigenvalue weighted by molar-refractivity contribution is 5.96. The number of halogens is 6. The van der Waals surface area contributed by atoms with E-state index in [1.807, 2.05) is 18.2 Å². The number of aromatic amines is 1. The number of fused-ring (bicyclic) bond motifs is 1. The Morgan fingerprint density at radius 1 is 0.933 bits per heavy atom. The van der Waals surface area contributed by atoms with Crippen molar-refractivity contribution in [2.45, 2.75) is 24.8 Å². The van der Waals surface area contributed by atoms with E-state index in [0.717, 1.165) is 16.5 Å². The summed E-state index contributed by atoms with van der Waals surface area (Å²) in [6.45, 7) is -0.245. The molecule has 8 nitrogen and oxygen atoms in total. The Morgan fingerprint density at radius 2 is 1.58 bits per heavy atom. The van der Waals surface area contributed by atoms with Crippen LogP contribution in [-0.2, 0) is 23.6 Å². The summed E-state index contributed by atoms with van der Waals surface area (Å²) in [6.07, 6.45) is -5.68. The van der Waals surface area contributed by atoms with Crippen molar-refractivity contribution in [3.63, 3.8) is 0 Å². The molecule has 1 saturated heterocycles. The number of hydrogen-bond acceptors (Lipinski definition) is 4. The number of amides is 2. The van der Waals surface area contributed by atoms with Gasteiger partial charge in [0.1, 0.15) is 0 Å². The van der Waals surface area contributed by atoms with E-state index >= 15 is 0 Å². The van der Waals surface area contributed by atoms with Gasteiger partial charge in [-0.25, -0.2) is 0 Å². The summed E-state index contributed by atoms with van der Waals surface area (Å²) in [7, 11) is 0. The van der Waals surface area contributed by atoms with Gasteiger partial charge in [-0.1, -0.05) is 18.2 Å². The highest BCUT2D eigenvalue weighted by Crippen LogP contribution is 2.37. The van der Waals surface area contributed by atoms with Crippen LogP contribution in [0.25, 0.3) is 17.0 Å². The highest BCUT2D eigenvalue weighted by Gasteiger charge is 2.39. The van der Waals surface area contributed by atoms with Crippen LogP contribution in [0, 0.1) is 10.1 Å². The van der Waals surface area contributed by atoms with Crippen LogP contribution in [0.4, 0.5) is 32.0 Å². The molecule has 2 heterocycles. The Labute approximate surface area is 251 Å². The zero-order valence-electron chi connectivity index (χ0n) is 23.2. The van der Waals surface area contributed by atoms with Gasteiger partial charge < -0.3 is 14.8 Å². The second kappa shape index (κ2) is 12.1. The maximum atomic E-state index is 13.6. The number of para-hydroxylation sites is 1. The van der Waals surface area contributed by atoms with Crippen molar-refractivity contribution in [3.05, 3.63) is 117 Å². The molecule has 1 unspecified atom stereocenters. The third-order valence-electron chi connectivity index (χ3n) is 7.54. The number of non-ortho nitro benzene ring substituents is 1. The molecule has 0 bridgehead atoms. The molecule has 2 amide bonds. The number of piperazine rings is 1. The lowest BCUT2D eigenvalue weighted by Gasteiger charge is -2.41. The first-order valence-electron chi connectivity index (χ1n) is 13.6. The zero-order valence-corrected chi connectivity index (χ0v) is 23.2. The molecule has 5 rings (SSSR count). The van der Waals surface area contributed by atoms with Crippen LogP contribution in [0.2, 0.25) is 0 Å². The van der Waals surface area contributed by atoms with E-state index in [9.17, 15) is 46.0 Å². The van der Waals surface area contributed by atoms with Crippen molar-refractivity contribution in [3.8, 4) is 0 Å². The Hall–Kier alpha value is -5.14. The fourth-order valence-corrected chi connectivity index (χ4v) is 5.28. The summed E-state index contributed by atoms with van der Waals surface area (Å²) in [6, 6.07) is 12.7. The van der Waals surface area contributed by atoms with Crippen molar-refractivity contribution in [2.75, 3.05) is 19.6 Å². The molecule has 234 valence electrons. The van der Waals surface area contributed by atoms with Gasteiger partial charge in [0.25, 0.3) is 11.6 Å². The second-order valence-corrected chi connectivity index (χ2v) is 10.5. The number of rotatable bonds is 6. The Bertz CT molecular complexity index is 1750. The topological polar surface area (TPSA) is 99.5 Å². The molecule has 0 spiro atoms.